The molecule has 1 aromatic heterocycles. The zero-order chi connectivity index (χ0) is 17.5. The Balaban J connectivity index is 0.000000174. The zero-order valence-electron chi connectivity index (χ0n) is 14.8. The number of likely N-dealkylation sites (tertiary alicyclic amines) is 1. The molecule has 1 aliphatic heterocycles. The molecule has 0 spiro atoms. The molecule has 1 fully saturated rings. The first kappa shape index (κ1) is 18.5. The number of ether oxygens (including phenoxy) is 1. The second kappa shape index (κ2) is 8.83. The van der Waals surface area contributed by atoms with Gasteiger partial charge in [0.2, 0.25) is 0 Å². The maximum Gasteiger partial charge on any atom is 0.310 e. The fourth-order valence-electron chi connectivity index (χ4n) is 3.07. The predicted octanol–water partition coefficient (Wildman–Crippen LogP) is 3.76. The number of piperidine rings is 1. The number of carbonyl (C=O) groups excluding carboxylic acids is 1. The minimum absolute atomic E-state index is 0.0240. The summed E-state index contributed by atoms with van der Waals surface area (Å²) in [5, 5.41) is 1.12. The summed E-state index contributed by atoms with van der Waals surface area (Å²) < 4.78 is 17.7. The van der Waals surface area contributed by atoms with Crippen LogP contribution in [0.2, 0.25) is 0 Å². The van der Waals surface area contributed by atoms with Gasteiger partial charge in [0, 0.05) is 23.6 Å². The standard InChI is InChI=1S/C10H10FN.C9H17NO2/c1-2-7-6-12-10-5-8(11)3-4-9(7)10;1-3-12-9(11)8-5-4-6-10(2)7-8/h3-6,12H,2H2,1H3;8H,3-7H2,1-2H3. The average molecular weight is 334 g/mol. The van der Waals surface area contributed by atoms with Crippen molar-refractivity contribution >= 4 is 16.9 Å². The highest BCUT2D eigenvalue weighted by molar-refractivity contribution is 5.83. The Morgan fingerprint density at radius 2 is 2.21 bits per heavy atom. The molecule has 24 heavy (non-hydrogen) atoms. The number of H-pyrrole nitrogens is 1. The van der Waals surface area contributed by atoms with Crippen LogP contribution in [0.5, 0.6) is 0 Å². The van der Waals surface area contributed by atoms with Gasteiger partial charge >= 0.3 is 5.97 Å². The van der Waals surface area contributed by atoms with Gasteiger partial charge in [-0.2, -0.15) is 0 Å². The average Bonchev–Trinajstić information content (AvgIpc) is 2.97. The van der Waals surface area contributed by atoms with Crippen LogP contribution >= 0.6 is 0 Å². The van der Waals surface area contributed by atoms with E-state index in [9.17, 15) is 9.18 Å². The van der Waals surface area contributed by atoms with E-state index in [1.807, 2.05) is 26.2 Å². The Morgan fingerprint density at radius 3 is 2.88 bits per heavy atom. The molecule has 1 aliphatic rings. The van der Waals surface area contributed by atoms with Gasteiger partial charge in [0.05, 0.1) is 12.5 Å². The lowest BCUT2D eigenvalue weighted by Crippen LogP contribution is -2.36. The summed E-state index contributed by atoms with van der Waals surface area (Å²) in [5.41, 5.74) is 2.12. The monoisotopic (exact) mass is 334 g/mol. The van der Waals surface area contributed by atoms with E-state index in [0.29, 0.717) is 6.61 Å². The first-order chi connectivity index (χ1) is 11.5. The topological polar surface area (TPSA) is 45.3 Å². The van der Waals surface area contributed by atoms with Gasteiger partial charge in [-0.3, -0.25) is 4.79 Å². The molecule has 0 amide bonds. The van der Waals surface area contributed by atoms with Crippen molar-refractivity contribution in [1.29, 1.82) is 0 Å². The molecule has 3 rings (SSSR count). The Bertz CT molecular complexity index is 668. The number of aryl methyl sites for hydroxylation is 1. The third kappa shape index (κ3) is 4.81. The van der Waals surface area contributed by atoms with Crippen LogP contribution in [0.4, 0.5) is 4.39 Å². The SMILES string of the molecule is CCOC(=O)C1CCCN(C)C1.CCc1c[nH]c2cc(F)ccc12. The lowest BCUT2D eigenvalue weighted by molar-refractivity contribution is -0.149. The summed E-state index contributed by atoms with van der Waals surface area (Å²) in [6.45, 7) is 6.41. The molecule has 1 saturated heterocycles. The molecule has 0 aliphatic carbocycles. The van der Waals surface area contributed by atoms with Gasteiger partial charge in [0.25, 0.3) is 0 Å². The van der Waals surface area contributed by atoms with Crippen LogP contribution in [0.1, 0.15) is 32.3 Å². The largest absolute Gasteiger partial charge is 0.466 e. The molecule has 0 bridgehead atoms. The van der Waals surface area contributed by atoms with Crippen LogP contribution < -0.4 is 0 Å². The van der Waals surface area contributed by atoms with Crippen molar-refractivity contribution < 1.29 is 13.9 Å². The van der Waals surface area contributed by atoms with Gasteiger partial charge in [-0.1, -0.05) is 6.92 Å². The van der Waals surface area contributed by atoms with Gasteiger partial charge < -0.3 is 14.6 Å². The van der Waals surface area contributed by atoms with Crippen molar-refractivity contribution in [2.45, 2.75) is 33.1 Å². The lowest BCUT2D eigenvalue weighted by atomic mass is 9.99. The second-order valence-electron chi connectivity index (χ2n) is 6.21. The minimum atomic E-state index is -0.188. The molecule has 1 N–H and O–H groups in total. The van der Waals surface area contributed by atoms with Crippen molar-refractivity contribution in [3.8, 4) is 0 Å². The van der Waals surface area contributed by atoms with E-state index in [-0.39, 0.29) is 17.7 Å². The van der Waals surface area contributed by atoms with Crippen LogP contribution in [0.25, 0.3) is 10.9 Å². The number of benzene rings is 1. The van der Waals surface area contributed by atoms with E-state index in [0.717, 1.165) is 43.3 Å². The Hall–Kier alpha value is -1.88. The number of hydrogen-bond donors (Lipinski definition) is 1. The zero-order valence-corrected chi connectivity index (χ0v) is 14.8. The molecule has 2 aromatic rings. The van der Waals surface area contributed by atoms with E-state index >= 15 is 0 Å². The molecule has 0 saturated carbocycles. The summed E-state index contributed by atoms with van der Waals surface area (Å²) >= 11 is 0. The third-order valence-corrected chi connectivity index (χ3v) is 4.35. The van der Waals surface area contributed by atoms with Crippen molar-refractivity contribution in [1.82, 2.24) is 9.88 Å². The third-order valence-electron chi connectivity index (χ3n) is 4.35. The molecular weight excluding hydrogens is 307 g/mol. The lowest BCUT2D eigenvalue weighted by Gasteiger charge is -2.27. The van der Waals surface area contributed by atoms with E-state index in [1.165, 1.54) is 17.7 Å². The smallest absolute Gasteiger partial charge is 0.310 e. The number of aromatic nitrogens is 1. The summed E-state index contributed by atoms with van der Waals surface area (Å²) in [5.74, 6) is -0.0975. The highest BCUT2D eigenvalue weighted by Gasteiger charge is 2.24. The maximum absolute atomic E-state index is 12.7. The molecule has 1 atom stereocenters. The van der Waals surface area contributed by atoms with Crippen LogP contribution in [-0.4, -0.2) is 42.6 Å². The molecule has 0 radical (unpaired) electrons. The Morgan fingerprint density at radius 1 is 1.42 bits per heavy atom. The molecule has 1 aromatic carbocycles. The number of fused-ring (bicyclic) bond motifs is 1. The van der Waals surface area contributed by atoms with Crippen molar-refractivity contribution in [3.63, 3.8) is 0 Å². The number of esters is 1. The fourth-order valence-corrected chi connectivity index (χ4v) is 3.07. The van der Waals surface area contributed by atoms with Crippen LogP contribution in [-0.2, 0) is 16.0 Å². The predicted molar refractivity (Wildman–Crippen MR) is 94.5 cm³/mol. The van der Waals surface area contributed by atoms with E-state index < -0.39 is 0 Å². The highest BCUT2D eigenvalue weighted by Crippen LogP contribution is 2.19. The van der Waals surface area contributed by atoms with E-state index in [1.54, 1.807) is 0 Å². The molecule has 5 heteroatoms. The highest BCUT2D eigenvalue weighted by atomic mass is 19.1. The number of rotatable bonds is 3. The summed E-state index contributed by atoms with van der Waals surface area (Å²) in [7, 11) is 2.05. The van der Waals surface area contributed by atoms with E-state index in [2.05, 4.69) is 16.8 Å². The molecule has 4 nitrogen and oxygen atoms in total. The molecule has 2 heterocycles. The van der Waals surface area contributed by atoms with Gasteiger partial charge in [-0.15, -0.1) is 0 Å². The second-order valence-corrected chi connectivity index (χ2v) is 6.21. The van der Waals surface area contributed by atoms with Gasteiger partial charge in [0.1, 0.15) is 5.82 Å². The van der Waals surface area contributed by atoms with E-state index in [4.69, 9.17) is 4.74 Å². The number of halogens is 1. The van der Waals surface area contributed by atoms with Gasteiger partial charge in [-0.05, 0) is 63.5 Å². The van der Waals surface area contributed by atoms with Gasteiger partial charge in [0.15, 0.2) is 0 Å². The van der Waals surface area contributed by atoms with Crippen molar-refractivity contribution in [3.05, 3.63) is 35.8 Å². The number of carbonyl (C=O) groups is 1. The first-order valence-electron chi connectivity index (χ1n) is 8.65. The molecule has 1 unspecified atom stereocenters. The van der Waals surface area contributed by atoms with Crippen molar-refractivity contribution in [2.75, 3.05) is 26.7 Å². The Labute approximate surface area is 143 Å². The molecular formula is C19H27FN2O2. The van der Waals surface area contributed by atoms with Crippen LogP contribution in [0, 0.1) is 11.7 Å². The van der Waals surface area contributed by atoms with Gasteiger partial charge in [-0.25, -0.2) is 4.39 Å². The maximum atomic E-state index is 12.7. The first-order valence-corrected chi connectivity index (χ1v) is 8.65. The summed E-state index contributed by atoms with van der Waals surface area (Å²) in [6, 6.07) is 4.84. The van der Waals surface area contributed by atoms with Crippen molar-refractivity contribution in [2.24, 2.45) is 5.92 Å². The molecule has 132 valence electrons. The fraction of sp³-hybridized carbons (Fsp3) is 0.526. The normalized spacial score (nSPS) is 18.1. The number of nitrogens with zero attached hydrogens (tertiary/aromatic N) is 1. The quantitative estimate of drug-likeness (QED) is 0.869. The Kier molecular flexibility index (Phi) is 6.79. The number of hydrogen-bond acceptors (Lipinski definition) is 3. The van der Waals surface area contributed by atoms with Crippen LogP contribution in [0.3, 0.4) is 0 Å². The summed E-state index contributed by atoms with van der Waals surface area (Å²) in [6.07, 6.45) is 5.01. The number of aromatic amines is 1. The summed E-state index contributed by atoms with van der Waals surface area (Å²) in [4.78, 5) is 16.5. The minimum Gasteiger partial charge on any atom is -0.466 e. The number of nitrogens with one attached hydrogen (secondary N) is 1. The van der Waals surface area contributed by atoms with Crippen LogP contribution in [0.15, 0.2) is 24.4 Å².